The third-order valence-corrected chi connectivity index (χ3v) is 5.48. The average Bonchev–Trinajstić information content (AvgIpc) is 3.34. The van der Waals surface area contributed by atoms with Gasteiger partial charge >= 0.3 is 0 Å². The minimum Gasteiger partial charge on any atom is -0.493 e. The fourth-order valence-corrected chi connectivity index (χ4v) is 4.00. The van der Waals surface area contributed by atoms with E-state index in [1.165, 1.54) is 0 Å². The Bertz CT molecular complexity index is 1040. The van der Waals surface area contributed by atoms with Crippen LogP contribution in [0.2, 0.25) is 0 Å². The van der Waals surface area contributed by atoms with Gasteiger partial charge in [0, 0.05) is 48.1 Å². The first-order chi connectivity index (χ1) is 13.6. The zero-order chi connectivity index (χ0) is 19.7. The predicted octanol–water partition coefficient (Wildman–Crippen LogP) is 2.59. The van der Waals surface area contributed by atoms with E-state index in [0.29, 0.717) is 11.6 Å². The Morgan fingerprint density at radius 3 is 2.86 bits per heavy atom. The van der Waals surface area contributed by atoms with Crippen LogP contribution in [-0.2, 0) is 13.0 Å². The number of ether oxygens (including phenoxy) is 2. The largest absolute Gasteiger partial charge is 0.493 e. The highest BCUT2D eigenvalue weighted by atomic mass is 16.5. The van der Waals surface area contributed by atoms with Crippen LogP contribution in [0.25, 0.3) is 5.65 Å². The van der Waals surface area contributed by atoms with Gasteiger partial charge in [-0.05, 0) is 25.5 Å². The van der Waals surface area contributed by atoms with Crippen LogP contribution < -0.4 is 15.0 Å². The number of nitrogens with zero attached hydrogens (tertiary/aromatic N) is 3. The molecule has 1 unspecified atom stereocenters. The number of hydrogen-bond donors (Lipinski definition) is 1. The first kappa shape index (κ1) is 18.6. The van der Waals surface area contributed by atoms with Crippen LogP contribution in [0, 0.1) is 0 Å². The SMILES string of the molecule is CCc1cc(=O)n2[nH]c(C3CCN(Cc4cccc(OC)c4OC)C3)cc2n1. The van der Waals surface area contributed by atoms with E-state index < -0.39 is 0 Å². The number of aryl methyl sites for hydroxylation is 1. The van der Waals surface area contributed by atoms with Crippen molar-refractivity contribution in [2.45, 2.75) is 32.2 Å². The van der Waals surface area contributed by atoms with Gasteiger partial charge in [0.1, 0.15) is 0 Å². The molecule has 3 heterocycles. The van der Waals surface area contributed by atoms with Crippen molar-refractivity contribution in [3.8, 4) is 11.5 Å². The van der Waals surface area contributed by atoms with Gasteiger partial charge in [-0.1, -0.05) is 19.1 Å². The van der Waals surface area contributed by atoms with E-state index in [1.54, 1.807) is 24.8 Å². The van der Waals surface area contributed by atoms with Crippen molar-refractivity contribution in [2.75, 3.05) is 27.3 Å². The molecule has 3 aromatic rings. The van der Waals surface area contributed by atoms with Gasteiger partial charge < -0.3 is 9.47 Å². The van der Waals surface area contributed by atoms with Crippen molar-refractivity contribution in [1.82, 2.24) is 19.5 Å². The summed E-state index contributed by atoms with van der Waals surface area (Å²) >= 11 is 0. The van der Waals surface area contributed by atoms with Crippen LogP contribution in [0.3, 0.4) is 0 Å². The molecule has 4 rings (SSSR count). The molecule has 1 aromatic carbocycles. The van der Waals surface area contributed by atoms with Gasteiger partial charge in [-0.25, -0.2) is 9.50 Å². The maximum absolute atomic E-state index is 12.3. The second kappa shape index (κ2) is 7.67. The Morgan fingerprint density at radius 1 is 1.25 bits per heavy atom. The average molecular weight is 382 g/mol. The molecule has 1 N–H and O–H groups in total. The van der Waals surface area contributed by atoms with E-state index in [2.05, 4.69) is 21.0 Å². The molecule has 148 valence electrons. The van der Waals surface area contributed by atoms with Crippen LogP contribution in [0.1, 0.15) is 36.2 Å². The summed E-state index contributed by atoms with van der Waals surface area (Å²) in [7, 11) is 3.33. The Labute approximate surface area is 163 Å². The molecule has 0 aliphatic carbocycles. The smallest absolute Gasteiger partial charge is 0.272 e. The van der Waals surface area contributed by atoms with Gasteiger partial charge in [-0.3, -0.25) is 14.8 Å². The molecule has 0 spiro atoms. The summed E-state index contributed by atoms with van der Waals surface area (Å²) in [4.78, 5) is 19.2. The van der Waals surface area contributed by atoms with E-state index in [4.69, 9.17) is 9.47 Å². The normalized spacial score (nSPS) is 17.3. The number of aromatic nitrogens is 3. The number of benzene rings is 1. The minimum absolute atomic E-state index is 0.0518. The van der Waals surface area contributed by atoms with Crippen LogP contribution in [0.5, 0.6) is 11.5 Å². The fourth-order valence-electron chi connectivity index (χ4n) is 4.00. The van der Waals surface area contributed by atoms with Gasteiger partial charge in [-0.15, -0.1) is 0 Å². The van der Waals surface area contributed by atoms with Crippen molar-refractivity contribution in [3.05, 3.63) is 57.6 Å². The molecule has 1 atom stereocenters. The molecule has 7 heteroatoms. The molecule has 0 saturated carbocycles. The number of methoxy groups -OCH3 is 2. The van der Waals surface area contributed by atoms with Gasteiger partial charge in [-0.2, -0.15) is 0 Å². The molecule has 1 aliphatic heterocycles. The number of hydrogen-bond acceptors (Lipinski definition) is 5. The van der Waals surface area contributed by atoms with E-state index in [-0.39, 0.29) is 5.56 Å². The summed E-state index contributed by atoms with van der Waals surface area (Å²) in [5.41, 5.74) is 3.66. The molecule has 0 bridgehead atoms. The maximum atomic E-state index is 12.3. The molecular formula is C21H26N4O3. The van der Waals surface area contributed by atoms with E-state index in [1.807, 2.05) is 25.1 Å². The Balaban J connectivity index is 1.53. The number of fused-ring (bicyclic) bond motifs is 1. The molecule has 7 nitrogen and oxygen atoms in total. The number of aromatic amines is 1. The lowest BCUT2D eigenvalue weighted by molar-refractivity contribution is 0.308. The van der Waals surface area contributed by atoms with E-state index in [0.717, 1.165) is 60.9 Å². The van der Waals surface area contributed by atoms with Crippen molar-refractivity contribution in [3.63, 3.8) is 0 Å². The summed E-state index contributed by atoms with van der Waals surface area (Å²) in [6.07, 6.45) is 1.79. The quantitative estimate of drug-likeness (QED) is 0.710. The third kappa shape index (κ3) is 3.38. The molecule has 28 heavy (non-hydrogen) atoms. The van der Waals surface area contributed by atoms with Crippen molar-refractivity contribution in [1.29, 1.82) is 0 Å². The molecular weight excluding hydrogens is 356 g/mol. The highest BCUT2D eigenvalue weighted by Crippen LogP contribution is 2.34. The second-order valence-electron chi connectivity index (χ2n) is 7.22. The standard InChI is InChI=1S/C21H26N4O3/c1-4-16-10-20(26)25-19(22-16)11-17(23-25)14-8-9-24(12-14)13-15-6-5-7-18(27-2)21(15)28-3/h5-7,10-11,14,23H,4,8-9,12-13H2,1-3H3. The lowest BCUT2D eigenvalue weighted by Crippen LogP contribution is -2.20. The number of H-pyrrole nitrogens is 1. The summed E-state index contributed by atoms with van der Waals surface area (Å²) in [5.74, 6) is 1.90. The van der Waals surface area contributed by atoms with Crippen molar-refractivity contribution in [2.24, 2.45) is 0 Å². The lowest BCUT2D eigenvalue weighted by atomic mass is 10.1. The van der Waals surface area contributed by atoms with Crippen molar-refractivity contribution < 1.29 is 9.47 Å². The predicted molar refractivity (Wildman–Crippen MR) is 107 cm³/mol. The number of nitrogens with one attached hydrogen (secondary N) is 1. The molecule has 0 amide bonds. The molecule has 1 saturated heterocycles. The van der Waals surface area contributed by atoms with Gasteiger partial charge in [0.05, 0.1) is 14.2 Å². The number of rotatable bonds is 6. The minimum atomic E-state index is -0.0518. The highest BCUT2D eigenvalue weighted by molar-refractivity contribution is 5.46. The van der Waals surface area contributed by atoms with Gasteiger partial charge in [0.25, 0.3) is 5.56 Å². The molecule has 2 aromatic heterocycles. The first-order valence-corrected chi connectivity index (χ1v) is 9.66. The summed E-state index contributed by atoms with van der Waals surface area (Å²) in [6.45, 7) is 4.72. The van der Waals surface area contributed by atoms with E-state index in [9.17, 15) is 4.79 Å². The Hall–Kier alpha value is -2.80. The van der Waals surface area contributed by atoms with Crippen LogP contribution >= 0.6 is 0 Å². The molecule has 0 radical (unpaired) electrons. The second-order valence-corrected chi connectivity index (χ2v) is 7.22. The van der Waals surface area contributed by atoms with Gasteiger partial charge in [0.2, 0.25) is 0 Å². The Kier molecular flexibility index (Phi) is 5.09. The topological polar surface area (TPSA) is 71.9 Å². The Morgan fingerprint density at radius 2 is 2.11 bits per heavy atom. The summed E-state index contributed by atoms with van der Waals surface area (Å²) in [5, 5.41) is 3.25. The van der Waals surface area contributed by atoms with E-state index >= 15 is 0 Å². The monoisotopic (exact) mass is 382 g/mol. The van der Waals surface area contributed by atoms with Crippen LogP contribution in [-0.4, -0.2) is 46.8 Å². The summed E-state index contributed by atoms with van der Waals surface area (Å²) < 4.78 is 12.5. The molecule has 1 aliphatic rings. The van der Waals surface area contributed by atoms with Crippen molar-refractivity contribution >= 4 is 5.65 Å². The lowest BCUT2D eigenvalue weighted by Gasteiger charge is -2.19. The summed E-state index contributed by atoms with van der Waals surface area (Å²) in [6, 6.07) is 9.59. The maximum Gasteiger partial charge on any atom is 0.272 e. The zero-order valence-corrected chi connectivity index (χ0v) is 16.6. The third-order valence-electron chi connectivity index (χ3n) is 5.48. The van der Waals surface area contributed by atoms with Gasteiger partial charge in [0.15, 0.2) is 17.1 Å². The zero-order valence-electron chi connectivity index (χ0n) is 16.6. The molecule has 1 fully saturated rings. The fraction of sp³-hybridized carbons (Fsp3) is 0.429. The number of para-hydroxylation sites is 1. The first-order valence-electron chi connectivity index (χ1n) is 9.66. The highest BCUT2D eigenvalue weighted by Gasteiger charge is 2.26. The van der Waals surface area contributed by atoms with Crippen LogP contribution in [0.4, 0.5) is 0 Å². The van der Waals surface area contributed by atoms with Crippen LogP contribution in [0.15, 0.2) is 35.1 Å². The number of likely N-dealkylation sites (tertiary alicyclic amines) is 1.